The maximum atomic E-state index is 12.1. The second-order valence-corrected chi connectivity index (χ2v) is 5.95. The standard InChI is InChI=1S/C15H19ClN2O3/c1-15(13(19)21-2)6-7-18(10-15)14(20)17-9-11-4-3-5-12(16)8-11/h3-5,8H,6-7,9-10H2,1-2H3,(H,17,20)/t15-/m0/s1. The van der Waals surface area contributed by atoms with Gasteiger partial charge >= 0.3 is 12.0 Å². The molecule has 1 aliphatic heterocycles. The van der Waals surface area contributed by atoms with Crippen LogP contribution in [0.15, 0.2) is 24.3 Å². The summed E-state index contributed by atoms with van der Waals surface area (Å²) in [6.07, 6.45) is 0.615. The van der Waals surface area contributed by atoms with Crippen LogP contribution >= 0.6 is 11.6 Å². The number of carbonyl (C=O) groups excluding carboxylic acids is 2. The van der Waals surface area contributed by atoms with Crippen LogP contribution in [0.2, 0.25) is 5.02 Å². The van der Waals surface area contributed by atoms with Crippen LogP contribution in [0.1, 0.15) is 18.9 Å². The molecule has 1 aliphatic rings. The number of hydrogen-bond acceptors (Lipinski definition) is 3. The van der Waals surface area contributed by atoms with E-state index in [9.17, 15) is 9.59 Å². The topological polar surface area (TPSA) is 58.6 Å². The molecule has 114 valence electrons. The highest BCUT2D eigenvalue weighted by Crippen LogP contribution is 2.31. The number of esters is 1. The summed E-state index contributed by atoms with van der Waals surface area (Å²) in [6.45, 7) is 3.15. The van der Waals surface area contributed by atoms with E-state index < -0.39 is 5.41 Å². The number of methoxy groups -OCH3 is 1. The zero-order valence-corrected chi connectivity index (χ0v) is 12.9. The van der Waals surface area contributed by atoms with E-state index in [0.29, 0.717) is 31.1 Å². The predicted octanol–water partition coefficient (Wildman–Crippen LogP) is 2.43. The number of benzene rings is 1. The number of urea groups is 1. The van der Waals surface area contributed by atoms with Crippen molar-refractivity contribution < 1.29 is 14.3 Å². The third kappa shape index (κ3) is 3.67. The summed E-state index contributed by atoms with van der Waals surface area (Å²) in [5, 5.41) is 3.48. The molecule has 1 fully saturated rings. The maximum absolute atomic E-state index is 12.1. The highest BCUT2D eigenvalue weighted by Gasteiger charge is 2.42. The molecule has 1 heterocycles. The highest BCUT2D eigenvalue weighted by molar-refractivity contribution is 6.30. The normalized spacial score (nSPS) is 21.2. The Morgan fingerprint density at radius 1 is 1.48 bits per heavy atom. The molecule has 1 N–H and O–H groups in total. The first-order chi connectivity index (χ1) is 9.94. The first-order valence-corrected chi connectivity index (χ1v) is 7.18. The van der Waals surface area contributed by atoms with Crippen LogP contribution in [0.5, 0.6) is 0 Å². The van der Waals surface area contributed by atoms with E-state index in [1.165, 1.54) is 7.11 Å². The number of rotatable bonds is 3. The lowest BCUT2D eigenvalue weighted by molar-refractivity contribution is -0.150. The van der Waals surface area contributed by atoms with Crippen molar-refractivity contribution in [1.29, 1.82) is 0 Å². The van der Waals surface area contributed by atoms with E-state index in [1.54, 1.807) is 11.0 Å². The fourth-order valence-corrected chi connectivity index (χ4v) is 2.70. The van der Waals surface area contributed by atoms with Crippen LogP contribution in [-0.4, -0.2) is 37.1 Å². The van der Waals surface area contributed by atoms with E-state index in [1.807, 2.05) is 25.1 Å². The molecule has 1 atom stereocenters. The van der Waals surface area contributed by atoms with Gasteiger partial charge in [-0.3, -0.25) is 4.79 Å². The van der Waals surface area contributed by atoms with Crippen molar-refractivity contribution >= 4 is 23.6 Å². The van der Waals surface area contributed by atoms with Gasteiger partial charge in [0.2, 0.25) is 0 Å². The average molecular weight is 311 g/mol. The summed E-state index contributed by atoms with van der Waals surface area (Å²) in [5.41, 5.74) is 0.327. The molecule has 1 aromatic carbocycles. The summed E-state index contributed by atoms with van der Waals surface area (Å²) in [5.74, 6) is -0.271. The molecule has 0 bridgehead atoms. The zero-order chi connectivity index (χ0) is 15.5. The van der Waals surface area contributed by atoms with Crippen molar-refractivity contribution in [2.24, 2.45) is 5.41 Å². The van der Waals surface area contributed by atoms with Crippen LogP contribution < -0.4 is 5.32 Å². The number of ether oxygens (including phenoxy) is 1. The summed E-state index contributed by atoms with van der Waals surface area (Å²) >= 11 is 5.90. The second-order valence-electron chi connectivity index (χ2n) is 5.51. The lowest BCUT2D eigenvalue weighted by Gasteiger charge is -2.22. The van der Waals surface area contributed by atoms with E-state index in [-0.39, 0.29) is 12.0 Å². The Hall–Kier alpha value is -1.75. The molecule has 0 aromatic heterocycles. The second kappa shape index (κ2) is 6.35. The molecule has 0 unspecified atom stereocenters. The first-order valence-electron chi connectivity index (χ1n) is 6.80. The van der Waals surface area contributed by atoms with Gasteiger partial charge in [-0.2, -0.15) is 0 Å². The fraction of sp³-hybridized carbons (Fsp3) is 0.467. The molecule has 2 rings (SSSR count). The van der Waals surface area contributed by atoms with Gasteiger partial charge in [-0.15, -0.1) is 0 Å². The SMILES string of the molecule is COC(=O)[C@@]1(C)CCN(C(=O)NCc2cccc(Cl)c2)C1. The number of nitrogens with one attached hydrogen (secondary N) is 1. The van der Waals surface area contributed by atoms with Crippen LogP contribution in [0, 0.1) is 5.41 Å². The smallest absolute Gasteiger partial charge is 0.317 e. The lowest BCUT2D eigenvalue weighted by atomic mass is 9.90. The van der Waals surface area contributed by atoms with Gasteiger partial charge in [-0.25, -0.2) is 4.79 Å². The Morgan fingerprint density at radius 3 is 2.90 bits per heavy atom. The average Bonchev–Trinajstić information content (AvgIpc) is 2.88. The Kier molecular flexibility index (Phi) is 4.73. The van der Waals surface area contributed by atoms with Crippen LogP contribution in [0.3, 0.4) is 0 Å². The van der Waals surface area contributed by atoms with Gasteiger partial charge in [-0.1, -0.05) is 23.7 Å². The molecule has 0 aliphatic carbocycles. The predicted molar refractivity (Wildman–Crippen MR) is 80.0 cm³/mol. The quantitative estimate of drug-likeness (QED) is 0.872. The fourth-order valence-electron chi connectivity index (χ4n) is 2.48. The number of carbonyl (C=O) groups is 2. The molecule has 6 heteroatoms. The number of amides is 2. The van der Waals surface area contributed by atoms with E-state index in [2.05, 4.69) is 5.32 Å². The van der Waals surface area contributed by atoms with Gasteiger partial charge < -0.3 is 15.0 Å². The Bertz CT molecular complexity index is 549. The van der Waals surface area contributed by atoms with E-state index >= 15 is 0 Å². The van der Waals surface area contributed by atoms with Gasteiger partial charge in [0.25, 0.3) is 0 Å². The number of hydrogen-bond donors (Lipinski definition) is 1. The molecular weight excluding hydrogens is 292 g/mol. The number of nitrogens with zero attached hydrogens (tertiary/aromatic N) is 1. The molecule has 5 nitrogen and oxygen atoms in total. The Balaban J connectivity index is 1.89. The monoisotopic (exact) mass is 310 g/mol. The molecular formula is C15H19ClN2O3. The van der Waals surface area contributed by atoms with Gasteiger partial charge in [0.1, 0.15) is 0 Å². The molecule has 1 aromatic rings. The molecule has 21 heavy (non-hydrogen) atoms. The largest absolute Gasteiger partial charge is 0.469 e. The molecule has 2 amide bonds. The van der Waals surface area contributed by atoms with Crippen LogP contribution in [0.25, 0.3) is 0 Å². The van der Waals surface area contributed by atoms with Crippen molar-refractivity contribution in [2.75, 3.05) is 20.2 Å². The van der Waals surface area contributed by atoms with Crippen molar-refractivity contribution in [3.05, 3.63) is 34.9 Å². The van der Waals surface area contributed by atoms with Gasteiger partial charge in [0.15, 0.2) is 0 Å². The van der Waals surface area contributed by atoms with Gasteiger partial charge in [0, 0.05) is 24.7 Å². The lowest BCUT2D eigenvalue weighted by Crippen LogP contribution is -2.40. The molecule has 0 radical (unpaired) electrons. The summed E-state index contributed by atoms with van der Waals surface area (Å²) in [6, 6.07) is 7.16. The zero-order valence-electron chi connectivity index (χ0n) is 12.2. The third-order valence-corrected chi connectivity index (χ3v) is 4.01. The minimum atomic E-state index is -0.609. The van der Waals surface area contributed by atoms with Crippen molar-refractivity contribution in [3.8, 4) is 0 Å². The Morgan fingerprint density at radius 2 is 2.24 bits per heavy atom. The van der Waals surface area contributed by atoms with Crippen molar-refractivity contribution in [1.82, 2.24) is 10.2 Å². The minimum absolute atomic E-state index is 0.178. The van der Waals surface area contributed by atoms with Gasteiger partial charge in [0.05, 0.1) is 12.5 Å². The van der Waals surface area contributed by atoms with Crippen molar-refractivity contribution in [3.63, 3.8) is 0 Å². The van der Waals surface area contributed by atoms with Gasteiger partial charge in [-0.05, 0) is 31.0 Å². The Labute approximate surface area is 129 Å². The molecule has 0 saturated carbocycles. The molecule has 0 spiro atoms. The van der Waals surface area contributed by atoms with Crippen LogP contribution in [-0.2, 0) is 16.1 Å². The highest BCUT2D eigenvalue weighted by atomic mass is 35.5. The minimum Gasteiger partial charge on any atom is -0.469 e. The summed E-state index contributed by atoms with van der Waals surface area (Å²) in [4.78, 5) is 25.5. The van der Waals surface area contributed by atoms with Crippen molar-refractivity contribution in [2.45, 2.75) is 19.9 Å². The van der Waals surface area contributed by atoms with E-state index in [4.69, 9.17) is 16.3 Å². The summed E-state index contributed by atoms with van der Waals surface area (Å²) < 4.78 is 4.80. The van der Waals surface area contributed by atoms with Crippen LogP contribution in [0.4, 0.5) is 4.79 Å². The number of likely N-dealkylation sites (tertiary alicyclic amines) is 1. The third-order valence-electron chi connectivity index (χ3n) is 3.77. The maximum Gasteiger partial charge on any atom is 0.317 e. The summed E-state index contributed by atoms with van der Waals surface area (Å²) in [7, 11) is 1.37. The molecule has 1 saturated heterocycles. The van der Waals surface area contributed by atoms with E-state index in [0.717, 1.165) is 5.56 Å². The number of halogens is 1. The first kappa shape index (κ1) is 15.6.